The smallest absolute Gasteiger partial charge is 0.394 e. The van der Waals surface area contributed by atoms with Gasteiger partial charge >= 0.3 is 12.8 Å². The van der Waals surface area contributed by atoms with Crippen molar-refractivity contribution in [3.8, 4) is 17.5 Å². The number of aliphatic hydroxyl groups is 1. The number of halogens is 5. The van der Waals surface area contributed by atoms with Crippen LogP contribution in [0.1, 0.15) is 67.6 Å². The number of amides is 1. The molecule has 2 N–H and O–H groups in total. The lowest BCUT2D eigenvalue weighted by molar-refractivity contribution is -0.211. The van der Waals surface area contributed by atoms with Gasteiger partial charge in [0, 0.05) is 12.5 Å². The van der Waals surface area contributed by atoms with Gasteiger partial charge < -0.3 is 15.2 Å². The maximum Gasteiger partial charge on any atom is 0.394 e. The summed E-state index contributed by atoms with van der Waals surface area (Å²) in [6.07, 6.45) is -3.32. The number of hydrogen-bond acceptors (Lipinski definition) is 5. The van der Waals surface area contributed by atoms with E-state index in [2.05, 4.69) is 15.0 Å². The molecule has 1 aromatic carbocycles. The standard InChI is InChI=1S/C26H31F5N4O3/c1-14-5-7-17(20(36)9-14)13-33-23(37)22-19(12-32)35(15(2)34-22)18-8-6-16(10-21(18)38-24(27)28)11-25(3,4)26(29,30)31/h6,8,10,14,17,20,24,36H,5,7,9,11,13H2,1-4H3,(H,33,37)/t14-,17+,20?/m1/s1. The van der Waals surface area contributed by atoms with Gasteiger partial charge in [0.25, 0.3) is 5.91 Å². The quantitative estimate of drug-likeness (QED) is 0.441. The van der Waals surface area contributed by atoms with Gasteiger partial charge in [0.2, 0.25) is 0 Å². The Morgan fingerprint density at radius 1 is 1.32 bits per heavy atom. The third-order valence-corrected chi connectivity index (χ3v) is 7.00. The number of alkyl halides is 5. The first-order valence-corrected chi connectivity index (χ1v) is 12.2. The summed E-state index contributed by atoms with van der Waals surface area (Å²) in [7, 11) is 0. The second-order valence-electron chi connectivity index (χ2n) is 10.5. The lowest BCUT2D eigenvalue weighted by Gasteiger charge is -2.31. The van der Waals surface area contributed by atoms with Gasteiger partial charge in [-0.25, -0.2) is 4.98 Å². The highest BCUT2D eigenvalue weighted by Crippen LogP contribution is 2.41. The molecule has 2 aromatic rings. The van der Waals surface area contributed by atoms with Gasteiger partial charge in [-0.05, 0) is 49.8 Å². The average Bonchev–Trinajstić information content (AvgIpc) is 3.13. The number of ether oxygens (including phenoxy) is 1. The van der Waals surface area contributed by atoms with Gasteiger partial charge in [-0.15, -0.1) is 0 Å². The van der Waals surface area contributed by atoms with Crippen LogP contribution in [-0.2, 0) is 6.42 Å². The second kappa shape index (κ2) is 11.3. The molecule has 1 aliphatic carbocycles. The molecule has 0 spiro atoms. The fraction of sp³-hybridized carbons (Fsp3) is 0.577. The van der Waals surface area contributed by atoms with E-state index in [4.69, 9.17) is 0 Å². The van der Waals surface area contributed by atoms with E-state index in [-0.39, 0.29) is 40.9 Å². The van der Waals surface area contributed by atoms with Gasteiger partial charge in [-0.3, -0.25) is 9.36 Å². The van der Waals surface area contributed by atoms with E-state index >= 15 is 0 Å². The van der Waals surface area contributed by atoms with E-state index in [0.717, 1.165) is 37.3 Å². The van der Waals surface area contributed by atoms with E-state index < -0.39 is 42.4 Å². The van der Waals surface area contributed by atoms with Crippen LogP contribution in [0.4, 0.5) is 22.0 Å². The van der Waals surface area contributed by atoms with Crippen molar-refractivity contribution >= 4 is 5.91 Å². The molecule has 3 rings (SSSR count). The van der Waals surface area contributed by atoms with Crippen molar-refractivity contribution in [3.63, 3.8) is 0 Å². The summed E-state index contributed by atoms with van der Waals surface area (Å²) in [5.41, 5.74) is -2.60. The molecule has 0 bridgehead atoms. The van der Waals surface area contributed by atoms with E-state index in [1.54, 1.807) is 0 Å². The predicted molar refractivity (Wildman–Crippen MR) is 128 cm³/mol. The zero-order valence-electron chi connectivity index (χ0n) is 21.6. The highest BCUT2D eigenvalue weighted by molar-refractivity contribution is 5.94. The molecule has 0 aliphatic heterocycles. The number of aromatic nitrogens is 2. The minimum absolute atomic E-state index is 0.0730. The molecule has 0 radical (unpaired) electrons. The molecule has 1 fully saturated rings. The minimum Gasteiger partial charge on any atom is -0.433 e. The summed E-state index contributed by atoms with van der Waals surface area (Å²) in [4.78, 5) is 17.1. The Labute approximate surface area is 217 Å². The number of benzene rings is 1. The van der Waals surface area contributed by atoms with Crippen molar-refractivity contribution in [3.05, 3.63) is 41.0 Å². The first kappa shape index (κ1) is 29.4. The summed E-state index contributed by atoms with van der Waals surface area (Å²) >= 11 is 0. The van der Waals surface area contributed by atoms with Crippen LogP contribution in [0.2, 0.25) is 0 Å². The zero-order chi connectivity index (χ0) is 28.4. The Balaban J connectivity index is 1.93. The van der Waals surface area contributed by atoms with E-state index in [1.807, 2.05) is 13.0 Å². The molecule has 1 heterocycles. The number of hydrogen-bond donors (Lipinski definition) is 2. The summed E-state index contributed by atoms with van der Waals surface area (Å²) in [6, 6.07) is 5.53. The Bertz CT molecular complexity index is 1200. The van der Waals surface area contributed by atoms with E-state index in [1.165, 1.54) is 19.1 Å². The number of carbonyl (C=O) groups is 1. The Morgan fingerprint density at radius 3 is 2.58 bits per heavy atom. The number of nitrogens with one attached hydrogen (secondary N) is 1. The molecule has 208 valence electrons. The van der Waals surface area contributed by atoms with Crippen molar-refractivity contribution in [1.29, 1.82) is 5.26 Å². The van der Waals surface area contributed by atoms with Crippen molar-refractivity contribution < 1.29 is 36.6 Å². The summed E-state index contributed by atoms with van der Waals surface area (Å²) < 4.78 is 72.4. The number of nitriles is 1. The van der Waals surface area contributed by atoms with Crippen molar-refractivity contribution in [2.45, 2.75) is 72.3 Å². The molecule has 3 atom stereocenters. The maximum absolute atomic E-state index is 13.4. The van der Waals surface area contributed by atoms with Crippen LogP contribution in [0.15, 0.2) is 18.2 Å². The third kappa shape index (κ3) is 6.43. The first-order valence-electron chi connectivity index (χ1n) is 12.2. The Kier molecular flexibility index (Phi) is 8.71. The largest absolute Gasteiger partial charge is 0.433 e. The van der Waals surface area contributed by atoms with Crippen molar-refractivity contribution in [1.82, 2.24) is 14.9 Å². The highest BCUT2D eigenvalue weighted by atomic mass is 19.4. The number of aryl methyl sites for hydroxylation is 1. The summed E-state index contributed by atoms with van der Waals surface area (Å²) in [6.45, 7) is 2.38. The number of aliphatic hydroxyl groups excluding tert-OH is 1. The fourth-order valence-electron chi connectivity index (χ4n) is 4.70. The number of rotatable bonds is 8. The van der Waals surface area contributed by atoms with Gasteiger partial charge in [0.1, 0.15) is 17.6 Å². The van der Waals surface area contributed by atoms with Crippen LogP contribution >= 0.6 is 0 Å². The maximum atomic E-state index is 13.4. The van der Waals surface area contributed by atoms with Gasteiger partial charge in [0.15, 0.2) is 11.4 Å². The van der Waals surface area contributed by atoms with Crippen LogP contribution in [0.3, 0.4) is 0 Å². The average molecular weight is 543 g/mol. The summed E-state index contributed by atoms with van der Waals surface area (Å²) in [5, 5.41) is 22.8. The molecule has 0 saturated heterocycles. The molecule has 12 heteroatoms. The van der Waals surface area contributed by atoms with Crippen molar-refractivity contribution in [2.75, 3.05) is 6.54 Å². The fourth-order valence-corrected chi connectivity index (χ4v) is 4.70. The Morgan fingerprint density at radius 2 is 2.00 bits per heavy atom. The number of carbonyl (C=O) groups excluding carboxylic acids is 1. The minimum atomic E-state index is -4.53. The second-order valence-corrected chi connectivity index (χ2v) is 10.5. The van der Waals surface area contributed by atoms with Gasteiger partial charge in [-0.2, -0.15) is 27.2 Å². The van der Waals surface area contributed by atoms with Gasteiger partial charge in [-0.1, -0.05) is 33.3 Å². The van der Waals surface area contributed by atoms with E-state index in [9.17, 15) is 37.1 Å². The molecular weight excluding hydrogens is 511 g/mol. The predicted octanol–water partition coefficient (Wildman–Crippen LogP) is 5.31. The first-order chi connectivity index (χ1) is 17.6. The molecule has 1 amide bonds. The van der Waals surface area contributed by atoms with E-state index in [0.29, 0.717) is 12.3 Å². The number of nitrogens with zero attached hydrogens (tertiary/aromatic N) is 3. The van der Waals surface area contributed by atoms with Crippen LogP contribution in [0.5, 0.6) is 5.75 Å². The lowest BCUT2D eigenvalue weighted by Crippen LogP contribution is -2.38. The molecular formula is C26H31F5N4O3. The lowest BCUT2D eigenvalue weighted by atomic mass is 9.81. The highest BCUT2D eigenvalue weighted by Gasteiger charge is 2.47. The molecule has 7 nitrogen and oxygen atoms in total. The van der Waals surface area contributed by atoms with Crippen LogP contribution in [0.25, 0.3) is 5.69 Å². The molecule has 1 aromatic heterocycles. The molecule has 38 heavy (non-hydrogen) atoms. The molecule has 1 saturated carbocycles. The normalized spacial score (nSPS) is 20.3. The summed E-state index contributed by atoms with van der Waals surface area (Å²) in [5.74, 6) is -0.784. The Hall–Kier alpha value is -3.20. The third-order valence-electron chi connectivity index (χ3n) is 7.00. The topological polar surface area (TPSA) is 100 Å². The van der Waals surface area contributed by atoms with Crippen LogP contribution in [0, 0.1) is 35.5 Å². The zero-order valence-corrected chi connectivity index (χ0v) is 21.6. The number of imidazole rings is 1. The van der Waals surface area contributed by atoms with Crippen LogP contribution in [-0.4, -0.2) is 46.0 Å². The van der Waals surface area contributed by atoms with Crippen molar-refractivity contribution in [2.24, 2.45) is 17.3 Å². The SMILES string of the molecule is Cc1nc(C(=O)NC[C@@H]2CC[C@@H](C)CC2O)c(C#N)n1-c1ccc(CC(C)(C)C(F)(F)F)cc1OC(F)F. The monoisotopic (exact) mass is 542 g/mol. The molecule has 1 aliphatic rings. The molecule has 1 unspecified atom stereocenters. The van der Waals surface area contributed by atoms with Crippen LogP contribution < -0.4 is 10.1 Å². The van der Waals surface area contributed by atoms with Gasteiger partial charge in [0.05, 0.1) is 17.2 Å².